The zero-order valence-electron chi connectivity index (χ0n) is 15.3. The van der Waals surface area contributed by atoms with Crippen molar-refractivity contribution in [2.45, 2.75) is 26.4 Å². The number of nitrogens with zero attached hydrogens (tertiary/aromatic N) is 2. The van der Waals surface area contributed by atoms with Crippen LogP contribution in [0.25, 0.3) is 11.3 Å². The Morgan fingerprint density at radius 2 is 1.96 bits per heavy atom. The van der Waals surface area contributed by atoms with Gasteiger partial charge in [0.2, 0.25) is 0 Å². The molecule has 0 radical (unpaired) electrons. The first-order chi connectivity index (χ1) is 13.5. The normalized spacial score (nSPS) is 11.7. The van der Waals surface area contributed by atoms with Crippen molar-refractivity contribution in [2.24, 2.45) is 0 Å². The molecule has 6 nitrogen and oxygen atoms in total. The van der Waals surface area contributed by atoms with Crippen LogP contribution in [0.15, 0.2) is 48.0 Å². The maximum absolute atomic E-state index is 12.3. The molecule has 0 aliphatic rings. The second kappa shape index (κ2) is 8.95. The third-order valence-electron chi connectivity index (χ3n) is 4.01. The largest absolute Gasteiger partial charge is 0.449 e. The summed E-state index contributed by atoms with van der Waals surface area (Å²) in [6, 6.07) is 11.1. The Kier molecular flexibility index (Phi) is 6.38. The van der Waals surface area contributed by atoms with Gasteiger partial charge in [-0.3, -0.25) is 10.1 Å². The van der Waals surface area contributed by atoms with Crippen LogP contribution in [-0.2, 0) is 16.0 Å². The lowest BCUT2D eigenvalue weighted by atomic mass is 10.1. The van der Waals surface area contributed by atoms with Crippen LogP contribution in [0.2, 0.25) is 5.15 Å². The number of esters is 1. The maximum Gasteiger partial charge on any atom is 0.340 e. The first-order valence-electron chi connectivity index (χ1n) is 8.64. The third kappa shape index (κ3) is 4.94. The SMILES string of the molecule is CCc1ccc(-c2csc(NC(=O)[C@H](C)OC(=O)c3ccc(Cl)nc3)n2)cc1. The molecule has 0 saturated carbocycles. The van der Waals surface area contributed by atoms with Gasteiger partial charge in [0.1, 0.15) is 5.15 Å². The molecule has 144 valence electrons. The molecule has 2 aromatic heterocycles. The van der Waals surface area contributed by atoms with Crippen molar-refractivity contribution in [3.8, 4) is 11.3 Å². The highest BCUT2D eigenvalue weighted by atomic mass is 35.5. The minimum atomic E-state index is -0.987. The number of hydrogen-bond donors (Lipinski definition) is 1. The third-order valence-corrected chi connectivity index (χ3v) is 4.99. The number of carbonyl (C=O) groups is 2. The lowest BCUT2D eigenvalue weighted by molar-refractivity contribution is -0.123. The molecule has 28 heavy (non-hydrogen) atoms. The van der Waals surface area contributed by atoms with Crippen molar-refractivity contribution in [3.05, 3.63) is 64.3 Å². The molecule has 0 fully saturated rings. The zero-order chi connectivity index (χ0) is 20.1. The molecule has 0 bridgehead atoms. The van der Waals surface area contributed by atoms with Crippen molar-refractivity contribution in [2.75, 3.05) is 5.32 Å². The van der Waals surface area contributed by atoms with Gasteiger partial charge in [0.15, 0.2) is 11.2 Å². The number of thiazole rings is 1. The summed E-state index contributed by atoms with van der Waals surface area (Å²) in [4.78, 5) is 32.6. The van der Waals surface area contributed by atoms with E-state index < -0.39 is 18.0 Å². The van der Waals surface area contributed by atoms with Crippen LogP contribution < -0.4 is 5.32 Å². The van der Waals surface area contributed by atoms with E-state index in [0.717, 1.165) is 17.7 Å². The zero-order valence-corrected chi connectivity index (χ0v) is 16.9. The Bertz CT molecular complexity index is 971. The lowest BCUT2D eigenvalue weighted by Crippen LogP contribution is -2.30. The minimum Gasteiger partial charge on any atom is -0.449 e. The fourth-order valence-electron chi connectivity index (χ4n) is 2.36. The van der Waals surface area contributed by atoms with Gasteiger partial charge in [-0.2, -0.15) is 0 Å². The number of halogens is 1. The molecule has 0 spiro atoms. The summed E-state index contributed by atoms with van der Waals surface area (Å²) in [6.07, 6.45) is 1.28. The number of ether oxygens (including phenoxy) is 1. The summed E-state index contributed by atoms with van der Waals surface area (Å²) in [5.41, 5.74) is 3.22. The van der Waals surface area contributed by atoms with Crippen molar-refractivity contribution in [1.82, 2.24) is 9.97 Å². The number of aryl methyl sites for hydroxylation is 1. The number of nitrogens with one attached hydrogen (secondary N) is 1. The van der Waals surface area contributed by atoms with E-state index in [2.05, 4.69) is 34.3 Å². The first-order valence-corrected chi connectivity index (χ1v) is 9.90. The van der Waals surface area contributed by atoms with Gasteiger partial charge in [0, 0.05) is 17.1 Å². The molecule has 0 saturated heterocycles. The highest BCUT2D eigenvalue weighted by molar-refractivity contribution is 7.14. The highest BCUT2D eigenvalue weighted by Gasteiger charge is 2.20. The molecule has 1 N–H and O–H groups in total. The molecule has 3 aromatic rings. The average Bonchev–Trinajstić information content (AvgIpc) is 3.17. The average molecular weight is 416 g/mol. The first kappa shape index (κ1) is 20.0. The number of carbonyl (C=O) groups excluding carboxylic acids is 2. The van der Waals surface area contributed by atoms with E-state index in [1.807, 2.05) is 17.5 Å². The van der Waals surface area contributed by atoms with Gasteiger partial charge >= 0.3 is 5.97 Å². The van der Waals surface area contributed by atoms with Gasteiger partial charge < -0.3 is 4.74 Å². The summed E-state index contributed by atoms with van der Waals surface area (Å²) in [5.74, 6) is -1.11. The molecule has 0 unspecified atom stereocenters. The number of anilines is 1. The van der Waals surface area contributed by atoms with Crippen LogP contribution in [0.3, 0.4) is 0 Å². The van der Waals surface area contributed by atoms with Crippen LogP contribution in [0.4, 0.5) is 5.13 Å². The van der Waals surface area contributed by atoms with Crippen LogP contribution in [0.5, 0.6) is 0 Å². The molecule has 0 aliphatic heterocycles. The van der Waals surface area contributed by atoms with E-state index in [-0.39, 0.29) is 10.7 Å². The number of pyridine rings is 1. The van der Waals surface area contributed by atoms with Gasteiger partial charge in [-0.05, 0) is 31.0 Å². The molecular formula is C20H18ClN3O3S. The molecular weight excluding hydrogens is 398 g/mol. The molecule has 3 rings (SSSR count). The Morgan fingerprint density at radius 3 is 2.61 bits per heavy atom. The Balaban J connectivity index is 1.60. The van der Waals surface area contributed by atoms with Gasteiger partial charge in [-0.25, -0.2) is 14.8 Å². The Labute approximate surface area is 171 Å². The van der Waals surface area contributed by atoms with Crippen molar-refractivity contribution >= 4 is 39.9 Å². The molecule has 1 amide bonds. The van der Waals surface area contributed by atoms with Gasteiger partial charge in [0.05, 0.1) is 11.3 Å². The highest BCUT2D eigenvalue weighted by Crippen LogP contribution is 2.25. The van der Waals surface area contributed by atoms with Crippen molar-refractivity contribution in [1.29, 1.82) is 0 Å². The Hall–Kier alpha value is -2.77. The van der Waals surface area contributed by atoms with Gasteiger partial charge in [-0.1, -0.05) is 42.8 Å². The number of benzene rings is 1. The number of amides is 1. The molecule has 1 aromatic carbocycles. The second-order valence-corrected chi connectivity index (χ2v) is 7.24. The van der Waals surface area contributed by atoms with E-state index >= 15 is 0 Å². The van der Waals surface area contributed by atoms with E-state index in [0.29, 0.717) is 5.13 Å². The molecule has 2 heterocycles. The number of aromatic nitrogens is 2. The van der Waals surface area contributed by atoms with Gasteiger partial charge in [0.25, 0.3) is 5.91 Å². The monoisotopic (exact) mass is 415 g/mol. The summed E-state index contributed by atoms with van der Waals surface area (Å²) in [7, 11) is 0. The predicted octanol–water partition coefficient (Wildman–Crippen LogP) is 4.60. The molecule has 1 atom stereocenters. The molecule has 8 heteroatoms. The van der Waals surface area contributed by atoms with Crippen LogP contribution in [0, 0.1) is 0 Å². The number of hydrogen-bond acceptors (Lipinski definition) is 6. The maximum atomic E-state index is 12.3. The quantitative estimate of drug-likeness (QED) is 0.469. The van der Waals surface area contributed by atoms with E-state index in [1.165, 1.54) is 42.2 Å². The van der Waals surface area contributed by atoms with E-state index in [9.17, 15) is 9.59 Å². The standard InChI is InChI=1S/C20H18ClN3O3S/c1-3-13-4-6-14(7-5-13)16-11-28-20(23-16)24-18(25)12(2)27-19(26)15-8-9-17(21)22-10-15/h4-12H,3H2,1-2H3,(H,23,24,25)/t12-/m0/s1. The summed E-state index contributed by atoms with van der Waals surface area (Å²) in [5, 5.41) is 5.25. The van der Waals surface area contributed by atoms with Crippen molar-refractivity contribution < 1.29 is 14.3 Å². The van der Waals surface area contributed by atoms with Gasteiger partial charge in [-0.15, -0.1) is 11.3 Å². The molecule has 0 aliphatic carbocycles. The smallest absolute Gasteiger partial charge is 0.340 e. The lowest BCUT2D eigenvalue weighted by Gasteiger charge is -2.12. The van der Waals surface area contributed by atoms with Crippen LogP contribution in [0.1, 0.15) is 29.8 Å². The van der Waals surface area contributed by atoms with E-state index in [4.69, 9.17) is 16.3 Å². The summed E-state index contributed by atoms with van der Waals surface area (Å²) < 4.78 is 5.17. The van der Waals surface area contributed by atoms with Crippen LogP contribution >= 0.6 is 22.9 Å². The van der Waals surface area contributed by atoms with Crippen molar-refractivity contribution in [3.63, 3.8) is 0 Å². The minimum absolute atomic E-state index is 0.219. The Morgan fingerprint density at radius 1 is 1.21 bits per heavy atom. The predicted molar refractivity (Wildman–Crippen MR) is 110 cm³/mol. The summed E-state index contributed by atoms with van der Waals surface area (Å²) in [6.45, 7) is 3.59. The topological polar surface area (TPSA) is 81.2 Å². The van der Waals surface area contributed by atoms with Crippen LogP contribution in [-0.4, -0.2) is 27.9 Å². The fourth-order valence-corrected chi connectivity index (χ4v) is 3.20. The summed E-state index contributed by atoms with van der Waals surface area (Å²) >= 11 is 7.00. The number of rotatable bonds is 6. The van der Waals surface area contributed by atoms with E-state index in [1.54, 1.807) is 0 Å². The fraction of sp³-hybridized carbons (Fsp3) is 0.200. The second-order valence-electron chi connectivity index (χ2n) is 5.99.